The lowest BCUT2D eigenvalue weighted by Crippen LogP contribution is -2.37. The number of nitrogens with zero attached hydrogens (tertiary/aromatic N) is 3. The Balaban J connectivity index is 2.17. The SMILES string of the molecule is Cn1nc(C(F)(F)F)cc1C(=O)N1CCC[C@@](O)(CO)CC1. The molecule has 2 heterocycles. The van der Waals surface area contributed by atoms with Gasteiger partial charge in [-0.3, -0.25) is 9.48 Å². The minimum Gasteiger partial charge on any atom is -0.393 e. The smallest absolute Gasteiger partial charge is 0.393 e. The molecule has 22 heavy (non-hydrogen) atoms. The molecule has 124 valence electrons. The Kier molecular flexibility index (Phi) is 4.48. The van der Waals surface area contributed by atoms with E-state index in [1.807, 2.05) is 0 Å². The van der Waals surface area contributed by atoms with Gasteiger partial charge in [-0.05, 0) is 19.3 Å². The van der Waals surface area contributed by atoms with E-state index in [2.05, 4.69) is 5.10 Å². The number of aliphatic hydroxyl groups excluding tert-OH is 1. The summed E-state index contributed by atoms with van der Waals surface area (Å²) in [5, 5.41) is 22.5. The Morgan fingerprint density at radius 2 is 2.09 bits per heavy atom. The van der Waals surface area contributed by atoms with Crippen molar-refractivity contribution in [2.45, 2.75) is 31.0 Å². The van der Waals surface area contributed by atoms with Gasteiger partial charge >= 0.3 is 6.18 Å². The quantitative estimate of drug-likeness (QED) is 0.844. The van der Waals surface area contributed by atoms with Crippen molar-refractivity contribution in [3.05, 3.63) is 17.5 Å². The zero-order valence-electron chi connectivity index (χ0n) is 12.1. The molecular weight excluding hydrogens is 303 g/mol. The van der Waals surface area contributed by atoms with Crippen molar-refractivity contribution in [2.75, 3.05) is 19.7 Å². The van der Waals surface area contributed by atoms with Crippen LogP contribution in [0.1, 0.15) is 35.4 Å². The molecule has 1 aliphatic heterocycles. The molecule has 6 nitrogen and oxygen atoms in total. The average molecular weight is 321 g/mol. The van der Waals surface area contributed by atoms with Gasteiger partial charge in [-0.25, -0.2) is 0 Å². The fraction of sp³-hybridized carbons (Fsp3) is 0.692. The molecule has 1 aliphatic rings. The molecule has 0 unspecified atom stereocenters. The Hall–Kier alpha value is -1.61. The number of carbonyl (C=O) groups is 1. The summed E-state index contributed by atoms with van der Waals surface area (Å²) in [5.41, 5.74) is -2.50. The van der Waals surface area contributed by atoms with E-state index in [0.717, 1.165) is 10.7 Å². The number of halogens is 3. The van der Waals surface area contributed by atoms with Gasteiger partial charge in [0.2, 0.25) is 0 Å². The molecule has 1 amide bonds. The largest absolute Gasteiger partial charge is 0.435 e. The summed E-state index contributed by atoms with van der Waals surface area (Å²) in [4.78, 5) is 13.7. The van der Waals surface area contributed by atoms with Crippen molar-refractivity contribution in [1.29, 1.82) is 0 Å². The zero-order valence-corrected chi connectivity index (χ0v) is 12.1. The summed E-state index contributed by atoms with van der Waals surface area (Å²) in [6.07, 6.45) is -3.62. The molecule has 0 saturated carbocycles. The highest BCUT2D eigenvalue weighted by atomic mass is 19.4. The molecule has 0 radical (unpaired) electrons. The topological polar surface area (TPSA) is 78.6 Å². The number of alkyl halides is 3. The molecule has 1 aromatic heterocycles. The van der Waals surface area contributed by atoms with E-state index in [4.69, 9.17) is 5.11 Å². The van der Waals surface area contributed by atoms with E-state index < -0.39 is 30.0 Å². The van der Waals surface area contributed by atoms with E-state index in [-0.39, 0.29) is 18.7 Å². The molecule has 1 atom stereocenters. The number of hydrogen-bond donors (Lipinski definition) is 2. The van der Waals surface area contributed by atoms with Crippen molar-refractivity contribution in [1.82, 2.24) is 14.7 Å². The van der Waals surface area contributed by atoms with Crippen LogP contribution in [0.25, 0.3) is 0 Å². The third-order valence-electron chi connectivity index (χ3n) is 3.89. The summed E-state index contributed by atoms with van der Waals surface area (Å²) < 4.78 is 38.8. The van der Waals surface area contributed by atoms with Gasteiger partial charge in [0.15, 0.2) is 5.69 Å². The van der Waals surface area contributed by atoms with Gasteiger partial charge in [0, 0.05) is 26.2 Å². The minimum atomic E-state index is -4.60. The maximum absolute atomic E-state index is 12.6. The van der Waals surface area contributed by atoms with Crippen molar-refractivity contribution in [3.8, 4) is 0 Å². The molecule has 0 spiro atoms. The Morgan fingerprint density at radius 3 is 2.64 bits per heavy atom. The second-order valence-electron chi connectivity index (χ2n) is 5.56. The standard InChI is InChI=1S/C13H18F3N3O3/c1-18-9(7-10(17-18)13(14,15)16)11(21)19-5-2-3-12(22,8-20)4-6-19/h7,20,22H,2-6,8H2,1H3/t12-/m0/s1. The van der Waals surface area contributed by atoms with Gasteiger partial charge in [-0.15, -0.1) is 0 Å². The highest BCUT2D eigenvalue weighted by Gasteiger charge is 2.37. The Labute approximate surface area is 125 Å². The Bertz CT molecular complexity index is 558. The first kappa shape index (κ1) is 16.8. The van der Waals surface area contributed by atoms with Crippen molar-refractivity contribution >= 4 is 5.91 Å². The van der Waals surface area contributed by atoms with Crippen LogP contribution in [0, 0.1) is 0 Å². The molecule has 0 aromatic carbocycles. The number of amides is 1. The molecule has 0 aliphatic carbocycles. The molecular formula is C13H18F3N3O3. The molecule has 1 fully saturated rings. The van der Waals surface area contributed by atoms with Crippen LogP contribution in [0.4, 0.5) is 13.2 Å². The van der Waals surface area contributed by atoms with Crippen LogP contribution < -0.4 is 0 Å². The number of carbonyl (C=O) groups excluding carboxylic acids is 1. The molecule has 1 aromatic rings. The van der Waals surface area contributed by atoms with E-state index in [1.165, 1.54) is 11.9 Å². The van der Waals surface area contributed by atoms with Crippen LogP contribution in [-0.4, -0.2) is 56.1 Å². The van der Waals surface area contributed by atoms with Gasteiger partial charge in [0.1, 0.15) is 5.69 Å². The van der Waals surface area contributed by atoms with Gasteiger partial charge in [-0.2, -0.15) is 18.3 Å². The highest BCUT2D eigenvalue weighted by Crippen LogP contribution is 2.29. The van der Waals surface area contributed by atoms with E-state index in [9.17, 15) is 23.1 Å². The summed E-state index contributed by atoms with van der Waals surface area (Å²) >= 11 is 0. The van der Waals surface area contributed by atoms with Gasteiger partial charge in [0.05, 0.1) is 12.2 Å². The summed E-state index contributed by atoms with van der Waals surface area (Å²) in [5.74, 6) is -0.562. The first-order valence-corrected chi connectivity index (χ1v) is 6.90. The van der Waals surface area contributed by atoms with Crippen LogP contribution in [0.3, 0.4) is 0 Å². The molecule has 9 heteroatoms. The lowest BCUT2D eigenvalue weighted by molar-refractivity contribution is -0.141. The summed E-state index contributed by atoms with van der Waals surface area (Å²) in [6, 6.07) is 0.728. The number of aromatic nitrogens is 2. The molecule has 1 saturated heterocycles. The van der Waals surface area contributed by atoms with Gasteiger partial charge in [0.25, 0.3) is 5.91 Å². The number of aliphatic hydroxyl groups is 2. The fourth-order valence-electron chi connectivity index (χ4n) is 2.51. The lowest BCUT2D eigenvalue weighted by Gasteiger charge is -2.24. The van der Waals surface area contributed by atoms with Crippen molar-refractivity contribution < 1.29 is 28.2 Å². The molecule has 2 rings (SSSR count). The van der Waals surface area contributed by atoms with Crippen LogP contribution in [0.5, 0.6) is 0 Å². The second-order valence-corrected chi connectivity index (χ2v) is 5.56. The highest BCUT2D eigenvalue weighted by molar-refractivity contribution is 5.92. The molecule has 2 N–H and O–H groups in total. The zero-order chi connectivity index (χ0) is 16.5. The fourth-order valence-corrected chi connectivity index (χ4v) is 2.51. The van der Waals surface area contributed by atoms with E-state index in [1.54, 1.807) is 0 Å². The van der Waals surface area contributed by atoms with Crippen molar-refractivity contribution in [2.24, 2.45) is 7.05 Å². The number of likely N-dealkylation sites (tertiary alicyclic amines) is 1. The van der Waals surface area contributed by atoms with E-state index in [0.29, 0.717) is 19.4 Å². The van der Waals surface area contributed by atoms with Crippen LogP contribution in [-0.2, 0) is 13.2 Å². The third-order valence-corrected chi connectivity index (χ3v) is 3.89. The maximum Gasteiger partial charge on any atom is 0.435 e. The van der Waals surface area contributed by atoms with Gasteiger partial charge in [-0.1, -0.05) is 0 Å². The lowest BCUT2D eigenvalue weighted by atomic mass is 9.96. The van der Waals surface area contributed by atoms with Crippen molar-refractivity contribution in [3.63, 3.8) is 0 Å². The summed E-state index contributed by atoms with van der Waals surface area (Å²) in [7, 11) is 1.28. The van der Waals surface area contributed by atoms with Gasteiger partial charge < -0.3 is 15.1 Å². The van der Waals surface area contributed by atoms with Crippen LogP contribution >= 0.6 is 0 Å². The first-order valence-electron chi connectivity index (χ1n) is 6.90. The van der Waals surface area contributed by atoms with Crippen LogP contribution in [0.2, 0.25) is 0 Å². The number of rotatable bonds is 2. The van der Waals surface area contributed by atoms with E-state index >= 15 is 0 Å². The maximum atomic E-state index is 12.6. The second kappa shape index (κ2) is 5.88. The predicted molar refractivity (Wildman–Crippen MR) is 70.0 cm³/mol. The predicted octanol–water partition coefficient (Wildman–Crippen LogP) is 0.788. The van der Waals surface area contributed by atoms with Crippen LogP contribution in [0.15, 0.2) is 6.07 Å². The first-order chi connectivity index (χ1) is 10.2. The number of aryl methyl sites for hydroxylation is 1. The average Bonchev–Trinajstić information content (AvgIpc) is 2.72. The normalized spacial score (nSPS) is 23.5. The summed E-state index contributed by atoms with van der Waals surface area (Å²) in [6.45, 7) is 0.0784. The minimum absolute atomic E-state index is 0.151. The molecule has 0 bridgehead atoms. The monoisotopic (exact) mass is 321 g/mol. The number of hydrogen-bond acceptors (Lipinski definition) is 4. The Morgan fingerprint density at radius 1 is 1.41 bits per heavy atom. The third kappa shape index (κ3) is 3.41.